The number of carbonyl (C=O) groups excluding carboxylic acids is 1. The van der Waals surface area contributed by atoms with Crippen LogP contribution in [-0.2, 0) is 16.0 Å². The van der Waals surface area contributed by atoms with Gasteiger partial charge in [-0.05, 0) is 25.5 Å². The standard InChI is InChI=1S/C12H18N2O3/c1-8-3-5-11(15)10(14-8)7-9(13)4-6-12(16)17-2/h3,5,9,15H,4,6-7,13H2,1-2H3. The zero-order valence-electron chi connectivity index (χ0n) is 10.1. The molecule has 1 aromatic heterocycles. The van der Waals surface area contributed by atoms with Crippen LogP contribution >= 0.6 is 0 Å². The third-order valence-corrected chi connectivity index (χ3v) is 2.49. The average Bonchev–Trinajstić information content (AvgIpc) is 2.30. The smallest absolute Gasteiger partial charge is 0.305 e. The van der Waals surface area contributed by atoms with Crippen LogP contribution in [0.15, 0.2) is 12.1 Å². The lowest BCUT2D eigenvalue weighted by Gasteiger charge is -2.11. The number of aromatic hydroxyl groups is 1. The van der Waals surface area contributed by atoms with E-state index >= 15 is 0 Å². The van der Waals surface area contributed by atoms with Crippen LogP contribution in [0.3, 0.4) is 0 Å². The second kappa shape index (κ2) is 6.20. The van der Waals surface area contributed by atoms with E-state index in [2.05, 4.69) is 9.72 Å². The molecule has 0 bridgehead atoms. The molecule has 0 saturated carbocycles. The normalized spacial score (nSPS) is 12.2. The lowest BCUT2D eigenvalue weighted by Crippen LogP contribution is -2.24. The molecule has 1 unspecified atom stereocenters. The summed E-state index contributed by atoms with van der Waals surface area (Å²) < 4.78 is 4.53. The Labute approximate surface area is 101 Å². The number of hydrogen-bond acceptors (Lipinski definition) is 5. The first-order valence-corrected chi connectivity index (χ1v) is 5.50. The molecule has 5 nitrogen and oxygen atoms in total. The molecular weight excluding hydrogens is 220 g/mol. The third kappa shape index (κ3) is 4.40. The number of aryl methyl sites for hydroxylation is 1. The highest BCUT2D eigenvalue weighted by Crippen LogP contribution is 2.17. The van der Waals surface area contributed by atoms with Crippen LogP contribution in [0.1, 0.15) is 24.2 Å². The monoisotopic (exact) mass is 238 g/mol. The van der Waals surface area contributed by atoms with Gasteiger partial charge >= 0.3 is 5.97 Å². The number of nitrogens with zero attached hydrogens (tertiary/aromatic N) is 1. The highest BCUT2D eigenvalue weighted by atomic mass is 16.5. The van der Waals surface area contributed by atoms with E-state index in [0.29, 0.717) is 18.5 Å². The first-order valence-electron chi connectivity index (χ1n) is 5.50. The number of carbonyl (C=O) groups is 1. The second-order valence-corrected chi connectivity index (χ2v) is 4.00. The Balaban J connectivity index is 2.52. The molecule has 1 aromatic rings. The summed E-state index contributed by atoms with van der Waals surface area (Å²) in [7, 11) is 1.35. The summed E-state index contributed by atoms with van der Waals surface area (Å²) in [5.41, 5.74) is 7.27. The van der Waals surface area contributed by atoms with Gasteiger partial charge in [-0.3, -0.25) is 9.78 Å². The quantitative estimate of drug-likeness (QED) is 0.745. The molecule has 1 atom stereocenters. The van der Waals surface area contributed by atoms with Crippen molar-refractivity contribution in [1.29, 1.82) is 0 Å². The van der Waals surface area contributed by atoms with Gasteiger partial charge in [0, 0.05) is 24.6 Å². The highest BCUT2D eigenvalue weighted by Gasteiger charge is 2.11. The Bertz CT molecular complexity index is 393. The van der Waals surface area contributed by atoms with Crippen LogP contribution < -0.4 is 5.73 Å². The van der Waals surface area contributed by atoms with E-state index < -0.39 is 0 Å². The van der Waals surface area contributed by atoms with Crippen molar-refractivity contribution < 1.29 is 14.6 Å². The van der Waals surface area contributed by atoms with E-state index in [-0.39, 0.29) is 24.2 Å². The predicted octanol–water partition coefficient (Wildman–Crippen LogP) is 0.919. The number of aromatic nitrogens is 1. The number of pyridine rings is 1. The molecule has 0 aliphatic heterocycles. The molecule has 0 fully saturated rings. The van der Waals surface area contributed by atoms with Gasteiger partial charge in [-0.15, -0.1) is 0 Å². The largest absolute Gasteiger partial charge is 0.506 e. The van der Waals surface area contributed by atoms with Crippen LogP contribution in [0.25, 0.3) is 0 Å². The lowest BCUT2D eigenvalue weighted by atomic mass is 10.1. The van der Waals surface area contributed by atoms with E-state index in [1.54, 1.807) is 12.1 Å². The number of esters is 1. The minimum atomic E-state index is -0.276. The van der Waals surface area contributed by atoms with Crippen molar-refractivity contribution in [1.82, 2.24) is 4.98 Å². The number of hydrogen-bond donors (Lipinski definition) is 2. The maximum Gasteiger partial charge on any atom is 0.305 e. The van der Waals surface area contributed by atoms with Gasteiger partial charge in [0.2, 0.25) is 0 Å². The summed E-state index contributed by atoms with van der Waals surface area (Å²) in [5, 5.41) is 9.60. The second-order valence-electron chi connectivity index (χ2n) is 4.00. The number of rotatable bonds is 5. The van der Waals surface area contributed by atoms with Crippen LogP contribution in [0.2, 0.25) is 0 Å². The summed E-state index contributed by atoms with van der Waals surface area (Å²) >= 11 is 0. The summed E-state index contributed by atoms with van der Waals surface area (Å²) in [6, 6.07) is 3.12. The summed E-state index contributed by atoms with van der Waals surface area (Å²) in [6.45, 7) is 1.85. The van der Waals surface area contributed by atoms with Crippen molar-refractivity contribution in [2.24, 2.45) is 5.73 Å². The molecule has 94 valence electrons. The lowest BCUT2D eigenvalue weighted by molar-refractivity contribution is -0.140. The van der Waals surface area contributed by atoms with Gasteiger partial charge in [0.1, 0.15) is 5.75 Å². The Morgan fingerprint density at radius 3 is 2.94 bits per heavy atom. The molecule has 0 aliphatic carbocycles. The minimum absolute atomic E-state index is 0.143. The summed E-state index contributed by atoms with van der Waals surface area (Å²) in [4.78, 5) is 15.2. The molecule has 0 aromatic carbocycles. The molecule has 0 amide bonds. The van der Waals surface area contributed by atoms with E-state index in [9.17, 15) is 9.90 Å². The number of ether oxygens (including phenoxy) is 1. The molecular formula is C12H18N2O3. The molecule has 5 heteroatoms. The van der Waals surface area contributed by atoms with E-state index in [1.807, 2.05) is 6.92 Å². The zero-order valence-corrected chi connectivity index (χ0v) is 10.1. The molecule has 1 heterocycles. The summed E-state index contributed by atoms with van der Waals surface area (Å²) in [5.74, 6) is -0.133. The molecule has 0 aliphatic rings. The predicted molar refractivity (Wildman–Crippen MR) is 63.6 cm³/mol. The third-order valence-electron chi connectivity index (χ3n) is 2.49. The molecule has 3 N–H and O–H groups in total. The van der Waals surface area contributed by atoms with E-state index in [1.165, 1.54) is 7.11 Å². The van der Waals surface area contributed by atoms with Gasteiger partial charge in [-0.2, -0.15) is 0 Å². The zero-order chi connectivity index (χ0) is 12.8. The van der Waals surface area contributed by atoms with Crippen LogP contribution in [0.5, 0.6) is 5.75 Å². The fourth-order valence-corrected chi connectivity index (χ4v) is 1.51. The van der Waals surface area contributed by atoms with Crippen molar-refractivity contribution in [2.75, 3.05) is 7.11 Å². The molecule has 17 heavy (non-hydrogen) atoms. The first-order chi connectivity index (χ1) is 8.02. The van der Waals surface area contributed by atoms with Gasteiger partial charge in [-0.25, -0.2) is 0 Å². The Morgan fingerprint density at radius 1 is 1.59 bits per heavy atom. The number of methoxy groups -OCH3 is 1. The van der Waals surface area contributed by atoms with Crippen molar-refractivity contribution in [3.05, 3.63) is 23.5 Å². The first kappa shape index (κ1) is 13.4. The Morgan fingerprint density at radius 2 is 2.29 bits per heavy atom. The maximum atomic E-state index is 10.9. The van der Waals surface area contributed by atoms with E-state index in [4.69, 9.17) is 5.73 Å². The van der Waals surface area contributed by atoms with Gasteiger partial charge in [-0.1, -0.05) is 0 Å². The summed E-state index contributed by atoms with van der Waals surface area (Å²) in [6.07, 6.45) is 1.25. The van der Waals surface area contributed by atoms with Crippen LogP contribution in [0, 0.1) is 6.92 Å². The average molecular weight is 238 g/mol. The molecule has 0 spiro atoms. The minimum Gasteiger partial charge on any atom is -0.506 e. The Hall–Kier alpha value is -1.62. The molecule has 0 radical (unpaired) electrons. The van der Waals surface area contributed by atoms with Crippen molar-refractivity contribution in [3.8, 4) is 5.75 Å². The number of nitrogens with two attached hydrogens (primary N) is 1. The molecule has 1 rings (SSSR count). The maximum absolute atomic E-state index is 10.9. The van der Waals surface area contributed by atoms with Gasteiger partial charge in [0.15, 0.2) is 0 Å². The Kier molecular flexibility index (Phi) is 4.90. The van der Waals surface area contributed by atoms with Gasteiger partial charge in [0.05, 0.1) is 12.8 Å². The van der Waals surface area contributed by atoms with Gasteiger partial charge in [0.25, 0.3) is 0 Å². The van der Waals surface area contributed by atoms with Crippen LogP contribution in [-0.4, -0.2) is 29.2 Å². The van der Waals surface area contributed by atoms with E-state index in [0.717, 1.165) is 5.69 Å². The topological polar surface area (TPSA) is 85.4 Å². The fraction of sp³-hybridized carbons (Fsp3) is 0.500. The highest BCUT2D eigenvalue weighted by molar-refractivity contribution is 5.69. The molecule has 0 saturated heterocycles. The van der Waals surface area contributed by atoms with Crippen molar-refractivity contribution >= 4 is 5.97 Å². The fourth-order valence-electron chi connectivity index (χ4n) is 1.51. The van der Waals surface area contributed by atoms with Crippen LogP contribution in [0.4, 0.5) is 0 Å². The van der Waals surface area contributed by atoms with Crippen molar-refractivity contribution in [2.45, 2.75) is 32.2 Å². The van der Waals surface area contributed by atoms with Crippen molar-refractivity contribution in [3.63, 3.8) is 0 Å². The van der Waals surface area contributed by atoms with Gasteiger partial charge < -0.3 is 15.6 Å². The SMILES string of the molecule is COC(=O)CCC(N)Cc1nc(C)ccc1O.